The molecule has 0 aromatic carbocycles. The fraction of sp³-hybridized carbons (Fsp3) is 0.375. The molecular formula is C8H11N5S. The molecule has 0 saturated heterocycles. The van der Waals surface area contributed by atoms with Gasteiger partial charge in [0.05, 0.1) is 11.7 Å². The van der Waals surface area contributed by atoms with Gasteiger partial charge in [0.25, 0.3) is 0 Å². The Balaban J connectivity index is 2.26. The van der Waals surface area contributed by atoms with Crippen molar-refractivity contribution in [2.45, 2.75) is 19.4 Å². The van der Waals surface area contributed by atoms with Gasteiger partial charge in [0.1, 0.15) is 5.01 Å². The van der Waals surface area contributed by atoms with E-state index in [4.69, 9.17) is 5.73 Å². The third-order valence-electron chi connectivity index (χ3n) is 1.93. The third-order valence-corrected chi connectivity index (χ3v) is 3.02. The maximum absolute atomic E-state index is 5.84. The van der Waals surface area contributed by atoms with Crippen LogP contribution in [-0.4, -0.2) is 20.4 Å². The van der Waals surface area contributed by atoms with E-state index in [1.165, 1.54) is 11.3 Å². The molecule has 0 aliphatic carbocycles. The van der Waals surface area contributed by atoms with Gasteiger partial charge in [0.2, 0.25) is 0 Å². The molecule has 2 aromatic rings. The quantitative estimate of drug-likeness (QED) is 0.799. The topological polar surface area (TPSA) is 80.5 Å². The molecule has 1 unspecified atom stereocenters. The van der Waals surface area contributed by atoms with E-state index in [0.29, 0.717) is 0 Å². The molecule has 0 amide bonds. The minimum Gasteiger partial charge on any atom is -0.322 e. The Bertz CT molecular complexity index is 394. The Morgan fingerprint density at radius 3 is 3.07 bits per heavy atom. The maximum Gasteiger partial charge on any atom is 0.165 e. The highest BCUT2D eigenvalue weighted by Crippen LogP contribution is 2.24. The maximum atomic E-state index is 5.84. The summed E-state index contributed by atoms with van der Waals surface area (Å²) in [6, 6.07) is 1.85. The van der Waals surface area contributed by atoms with Gasteiger partial charge in [-0.1, -0.05) is 18.3 Å². The average Bonchev–Trinajstić information content (AvgIpc) is 2.86. The van der Waals surface area contributed by atoms with Crippen LogP contribution in [0.3, 0.4) is 0 Å². The number of hydrogen-bond donors (Lipinski definition) is 2. The van der Waals surface area contributed by atoms with Gasteiger partial charge in [0.15, 0.2) is 5.01 Å². The molecule has 2 aromatic heterocycles. The van der Waals surface area contributed by atoms with Crippen LogP contribution in [0, 0.1) is 0 Å². The zero-order chi connectivity index (χ0) is 9.97. The minimum atomic E-state index is -0.0100. The summed E-state index contributed by atoms with van der Waals surface area (Å²) in [4.78, 5) is 0. The number of aromatic nitrogens is 4. The van der Waals surface area contributed by atoms with E-state index < -0.39 is 0 Å². The number of aromatic amines is 1. The first-order chi connectivity index (χ1) is 6.81. The lowest BCUT2D eigenvalue weighted by molar-refractivity contribution is 0.683. The summed E-state index contributed by atoms with van der Waals surface area (Å²) >= 11 is 1.50. The molecule has 0 aliphatic heterocycles. The Morgan fingerprint density at radius 1 is 1.57 bits per heavy atom. The summed E-state index contributed by atoms with van der Waals surface area (Å²) in [7, 11) is 0. The summed E-state index contributed by atoms with van der Waals surface area (Å²) < 4.78 is 0. The van der Waals surface area contributed by atoms with E-state index >= 15 is 0 Å². The second-order valence-electron chi connectivity index (χ2n) is 2.93. The summed E-state index contributed by atoms with van der Waals surface area (Å²) in [6.45, 7) is 2.03. The van der Waals surface area contributed by atoms with Crippen LogP contribution in [0.15, 0.2) is 12.3 Å². The second-order valence-corrected chi connectivity index (χ2v) is 3.94. The Kier molecular flexibility index (Phi) is 2.55. The monoisotopic (exact) mass is 209 g/mol. The van der Waals surface area contributed by atoms with Crippen LogP contribution >= 0.6 is 11.3 Å². The summed E-state index contributed by atoms with van der Waals surface area (Å²) in [5.41, 5.74) is 6.73. The number of nitrogens with one attached hydrogen (secondary N) is 1. The number of hydrogen-bond acceptors (Lipinski definition) is 5. The first-order valence-corrected chi connectivity index (χ1v) is 5.21. The number of rotatable bonds is 3. The molecule has 0 spiro atoms. The Hall–Kier alpha value is -1.27. The van der Waals surface area contributed by atoms with Crippen LogP contribution in [0.25, 0.3) is 10.7 Å². The molecule has 5 nitrogen and oxygen atoms in total. The first kappa shape index (κ1) is 9.29. The fourth-order valence-electron chi connectivity index (χ4n) is 1.04. The summed E-state index contributed by atoms with van der Waals surface area (Å²) in [5.74, 6) is 0. The van der Waals surface area contributed by atoms with Crippen molar-refractivity contribution in [2.75, 3.05) is 0 Å². The van der Waals surface area contributed by atoms with Gasteiger partial charge in [-0.15, -0.1) is 10.2 Å². The molecule has 74 valence electrons. The van der Waals surface area contributed by atoms with E-state index in [9.17, 15) is 0 Å². The molecule has 2 rings (SSSR count). The van der Waals surface area contributed by atoms with Crippen molar-refractivity contribution in [3.63, 3.8) is 0 Å². The fourth-order valence-corrected chi connectivity index (χ4v) is 1.95. The first-order valence-electron chi connectivity index (χ1n) is 4.40. The van der Waals surface area contributed by atoms with Crippen molar-refractivity contribution in [3.8, 4) is 10.7 Å². The van der Waals surface area contributed by atoms with Gasteiger partial charge in [-0.05, 0) is 12.5 Å². The van der Waals surface area contributed by atoms with Gasteiger partial charge in [0, 0.05) is 6.20 Å². The predicted molar refractivity (Wildman–Crippen MR) is 54.7 cm³/mol. The minimum absolute atomic E-state index is 0.0100. The van der Waals surface area contributed by atoms with Gasteiger partial charge >= 0.3 is 0 Å². The van der Waals surface area contributed by atoms with E-state index in [1.54, 1.807) is 6.20 Å². The van der Waals surface area contributed by atoms with Crippen LogP contribution in [0.2, 0.25) is 0 Å². The zero-order valence-corrected chi connectivity index (χ0v) is 8.58. The lowest BCUT2D eigenvalue weighted by Gasteiger charge is -2.00. The van der Waals surface area contributed by atoms with Crippen molar-refractivity contribution < 1.29 is 0 Å². The lowest BCUT2D eigenvalue weighted by atomic mass is 10.3. The molecular weight excluding hydrogens is 198 g/mol. The lowest BCUT2D eigenvalue weighted by Crippen LogP contribution is -2.07. The highest BCUT2D eigenvalue weighted by Gasteiger charge is 2.12. The largest absolute Gasteiger partial charge is 0.322 e. The second kappa shape index (κ2) is 3.85. The molecule has 3 N–H and O–H groups in total. The standard InChI is InChI=1S/C8H11N5S/c1-2-5(9)7-12-13-8(14-7)6-3-4-10-11-6/h3-5H,2,9H2,1H3,(H,10,11). The molecule has 0 aliphatic rings. The van der Waals surface area contributed by atoms with Crippen LogP contribution in [0.1, 0.15) is 24.4 Å². The van der Waals surface area contributed by atoms with Crippen LogP contribution < -0.4 is 5.73 Å². The molecule has 0 bridgehead atoms. The van der Waals surface area contributed by atoms with Gasteiger partial charge in [-0.3, -0.25) is 5.10 Å². The van der Waals surface area contributed by atoms with E-state index in [2.05, 4.69) is 20.4 Å². The summed E-state index contributed by atoms with van der Waals surface area (Å²) in [6.07, 6.45) is 2.56. The van der Waals surface area contributed by atoms with Crippen molar-refractivity contribution in [1.29, 1.82) is 0 Å². The number of nitrogens with two attached hydrogens (primary N) is 1. The SMILES string of the molecule is CCC(N)c1nnc(-c2ccn[nH]2)s1. The van der Waals surface area contributed by atoms with Gasteiger partial charge < -0.3 is 5.73 Å². The van der Waals surface area contributed by atoms with E-state index in [-0.39, 0.29) is 6.04 Å². The van der Waals surface area contributed by atoms with E-state index in [0.717, 1.165) is 22.1 Å². The number of H-pyrrole nitrogens is 1. The van der Waals surface area contributed by atoms with Gasteiger partial charge in [-0.25, -0.2) is 0 Å². The molecule has 0 saturated carbocycles. The predicted octanol–water partition coefficient (Wildman–Crippen LogP) is 1.34. The van der Waals surface area contributed by atoms with Crippen LogP contribution in [0.4, 0.5) is 0 Å². The normalized spacial score (nSPS) is 13.0. The van der Waals surface area contributed by atoms with Crippen molar-refractivity contribution in [2.24, 2.45) is 5.73 Å². The average molecular weight is 209 g/mol. The molecule has 6 heteroatoms. The molecule has 0 fully saturated rings. The van der Waals surface area contributed by atoms with Crippen LogP contribution in [0.5, 0.6) is 0 Å². The summed E-state index contributed by atoms with van der Waals surface area (Å²) in [5, 5.41) is 16.5. The highest BCUT2D eigenvalue weighted by atomic mass is 32.1. The third kappa shape index (κ3) is 1.66. The van der Waals surface area contributed by atoms with Gasteiger partial charge in [-0.2, -0.15) is 5.10 Å². The molecule has 2 heterocycles. The van der Waals surface area contributed by atoms with Crippen LogP contribution in [-0.2, 0) is 0 Å². The Morgan fingerprint density at radius 2 is 2.43 bits per heavy atom. The Labute approximate surface area is 85.4 Å². The smallest absolute Gasteiger partial charge is 0.165 e. The molecule has 1 atom stereocenters. The highest BCUT2D eigenvalue weighted by molar-refractivity contribution is 7.14. The van der Waals surface area contributed by atoms with Crippen molar-refractivity contribution in [1.82, 2.24) is 20.4 Å². The van der Waals surface area contributed by atoms with E-state index in [1.807, 2.05) is 13.0 Å². The van der Waals surface area contributed by atoms with Crippen molar-refractivity contribution >= 4 is 11.3 Å². The van der Waals surface area contributed by atoms with Crippen molar-refractivity contribution in [3.05, 3.63) is 17.3 Å². The molecule has 14 heavy (non-hydrogen) atoms. The zero-order valence-electron chi connectivity index (χ0n) is 7.77. The number of nitrogens with zero attached hydrogens (tertiary/aromatic N) is 3. The molecule has 0 radical (unpaired) electrons.